The van der Waals surface area contributed by atoms with E-state index in [2.05, 4.69) is 32.7 Å². The third-order valence-electron chi connectivity index (χ3n) is 3.04. The van der Waals surface area contributed by atoms with E-state index in [1.165, 1.54) is 6.42 Å². The number of methoxy groups -OCH3 is 1. The van der Waals surface area contributed by atoms with E-state index >= 15 is 0 Å². The SMILES string of the molecule is COc1cccc(N2CCC(Br)C(C)C2)n1. The maximum absolute atomic E-state index is 5.15. The van der Waals surface area contributed by atoms with Crippen LogP contribution in [0.3, 0.4) is 0 Å². The molecule has 0 amide bonds. The number of hydrogen-bond acceptors (Lipinski definition) is 3. The Labute approximate surface area is 105 Å². The molecule has 16 heavy (non-hydrogen) atoms. The van der Waals surface area contributed by atoms with Gasteiger partial charge in [-0.1, -0.05) is 28.9 Å². The number of pyridine rings is 1. The first-order valence-electron chi connectivity index (χ1n) is 5.61. The van der Waals surface area contributed by atoms with Crippen LogP contribution in [0.2, 0.25) is 0 Å². The zero-order chi connectivity index (χ0) is 11.5. The molecule has 88 valence electrons. The van der Waals surface area contributed by atoms with Crippen LogP contribution in [-0.2, 0) is 0 Å². The third-order valence-corrected chi connectivity index (χ3v) is 4.40. The second-order valence-electron chi connectivity index (χ2n) is 4.27. The summed E-state index contributed by atoms with van der Waals surface area (Å²) in [5, 5.41) is 0. The summed E-state index contributed by atoms with van der Waals surface area (Å²) in [6, 6.07) is 5.92. The van der Waals surface area contributed by atoms with Crippen LogP contribution in [0.25, 0.3) is 0 Å². The van der Waals surface area contributed by atoms with Gasteiger partial charge < -0.3 is 9.64 Å². The van der Waals surface area contributed by atoms with Gasteiger partial charge in [0, 0.05) is 24.0 Å². The molecule has 0 saturated carbocycles. The summed E-state index contributed by atoms with van der Waals surface area (Å²) in [5.41, 5.74) is 0. The van der Waals surface area contributed by atoms with E-state index < -0.39 is 0 Å². The van der Waals surface area contributed by atoms with E-state index in [4.69, 9.17) is 4.74 Å². The largest absolute Gasteiger partial charge is 0.481 e. The number of rotatable bonds is 2. The van der Waals surface area contributed by atoms with Crippen molar-refractivity contribution in [3.05, 3.63) is 18.2 Å². The van der Waals surface area contributed by atoms with Gasteiger partial charge in [-0.25, -0.2) is 0 Å². The van der Waals surface area contributed by atoms with Gasteiger partial charge in [-0.2, -0.15) is 4.98 Å². The second kappa shape index (κ2) is 5.04. The number of halogens is 1. The first-order chi connectivity index (χ1) is 7.70. The Morgan fingerprint density at radius 1 is 1.50 bits per heavy atom. The molecule has 1 saturated heterocycles. The highest BCUT2D eigenvalue weighted by molar-refractivity contribution is 9.09. The minimum Gasteiger partial charge on any atom is -0.481 e. The minimum atomic E-state index is 0.634. The number of aromatic nitrogens is 1. The van der Waals surface area contributed by atoms with Crippen molar-refractivity contribution in [2.45, 2.75) is 18.2 Å². The summed E-state index contributed by atoms with van der Waals surface area (Å²) >= 11 is 3.71. The van der Waals surface area contributed by atoms with Crippen LogP contribution in [0.1, 0.15) is 13.3 Å². The van der Waals surface area contributed by atoms with Gasteiger partial charge in [-0.05, 0) is 18.4 Å². The monoisotopic (exact) mass is 284 g/mol. The van der Waals surface area contributed by atoms with Gasteiger partial charge in [0.25, 0.3) is 0 Å². The van der Waals surface area contributed by atoms with Crippen molar-refractivity contribution in [1.29, 1.82) is 0 Å². The number of piperidine rings is 1. The van der Waals surface area contributed by atoms with Crippen molar-refractivity contribution < 1.29 is 4.74 Å². The molecule has 2 heterocycles. The Hall–Kier alpha value is -0.770. The lowest BCUT2D eigenvalue weighted by Gasteiger charge is -2.35. The van der Waals surface area contributed by atoms with Gasteiger partial charge in [-0.15, -0.1) is 0 Å². The highest BCUT2D eigenvalue weighted by Gasteiger charge is 2.24. The van der Waals surface area contributed by atoms with Gasteiger partial charge in [0.15, 0.2) is 0 Å². The fraction of sp³-hybridized carbons (Fsp3) is 0.583. The summed E-state index contributed by atoms with van der Waals surface area (Å²) < 4.78 is 5.15. The molecule has 0 spiro atoms. The van der Waals surface area contributed by atoms with Crippen LogP contribution in [0.5, 0.6) is 5.88 Å². The number of nitrogens with zero attached hydrogens (tertiary/aromatic N) is 2. The Bertz CT molecular complexity index is 359. The van der Waals surface area contributed by atoms with Crippen molar-refractivity contribution in [3.63, 3.8) is 0 Å². The summed E-state index contributed by atoms with van der Waals surface area (Å²) in [4.78, 5) is 7.42. The highest BCUT2D eigenvalue weighted by Crippen LogP contribution is 2.27. The molecule has 1 aliphatic heterocycles. The summed E-state index contributed by atoms with van der Waals surface area (Å²) in [6.45, 7) is 4.38. The van der Waals surface area contributed by atoms with E-state index in [1.54, 1.807) is 7.11 Å². The predicted octanol–water partition coefficient (Wildman–Crippen LogP) is 2.70. The molecular weight excluding hydrogens is 268 g/mol. The van der Waals surface area contributed by atoms with E-state index in [1.807, 2.05) is 18.2 Å². The second-order valence-corrected chi connectivity index (χ2v) is 5.44. The zero-order valence-corrected chi connectivity index (χ0v) is 11.3. The van der Waals surface area contributed by atoms with Crippen molar-refractivity contribution in [1.82, 2.24) is 4.98 Å². The van der Waals surface area contributed by atoms with Crippen LogP contribution in [0.15, 0.2) is 18.2 Å². The fourth-order valence-electron chi connectivity index (χ4n) is 2.02. The van der Waals surface area contributed by atoms with Crippen molar-refractivity contribution in [2.24, 2.45) is 5.92 Å². The lowest BCUT2D eigenvalue weighted by atomic mass is 10.0. The van der Waals surface area contributed by atoms with Crippen molar-refractivity contribution >= 4 is 21.7 Å². The van der Waals surface area contributed by atoms with Gasteiger partial charge in [-0.3, -0.25) is 0 Å². The molecule has 4 heteroatoms. The molecule has 2 atom stereocenters. The van der Waals surface area contributed by atoms with Gasteiger partial charge in [0.1, 0.15) is 5.82 Å². The molecule has 2 unspecified atom stereocenters. The number of hydrogen-bond donors (Lipinski definition) is 0. The minimum absolute atomic E-state index is 0.634. The molecule has 0 N–H and O–H groups in total. The normalized spacial score (nSPS) is 25.6. The lowest BCUT2D eigenvalue weighted by molar-refractivity contribution is 0.396. The third kappa shape index (κ3) is 2.48. The van der Waals surface area contributed by atoms with Gasteiger partial charge in [0.2, 0.25) is 5.88 Å². The molecule has 1 fully saturated rings. The zero-order valence-electron chi connectivity index (χ0n) is 9.69. The maximum Gasteiger partial charge on any atom is 0.214 e. The Morgan fingerprint density at radius 3 is 3.00 bits per heavy atom. The van der Waals surface area contributed by atoms with E-state index in [9.17, 15) is 0 Å². The van der Waals surface area contributed by atoms with Crippen LogP contribution < -0.4 is 9.64 Å². The molecule has 0 aliphatic carbocycles. The quantitative estimate of drug-likeness (QED) is 0.781. The summed E-state index contributed by atoms with van der Waals surface area (Å²) in [6.07, 6.45) is 1.17. The summed E-state index contributed by atoms with van der Waals surface area (Å²) in [7, 11) is 1.65. The topological polar surface area (TPSA) is 25.4 Å². The predicted molar refractivity (Wildman–Crippen MR) is 69.5 cm³/mol. The Morgan fingerprint density at radius 2 is 2.31 bits per heavy atom. The van der Waals surface area contributed by atoms with E-state index in [0.717, 1.165) is 18.9 Å². The van der Waals surface area contributed by atoms with E-state index in [0.29, 0.717) is 16.6 Å². The molecule has 0 aromatic carbocycles. The molecule has 1 aliphatic rings. The van der Waals surface area contributed by atoms with Crippen molar-refractivity contribution in [3.8, 4) is 5.88 Å². The number of ether oxygens (including phenoxy) is 1. The number of alkyl halides is 1. The molecule has 1 aromatic rings. The Kier molecular flexibility index (Phi) is 3.69. The van der Waals surface area contributed by atoms with Crippen LogP contribution >= 0.6 is 15.9 Å². The fourth-order valence-corrected chi connectivity index (χ4v) is 2.39. The summed E-state index contributed by atoms with van der Waals surface area (Å²) in [5.74, 6) is 2.36. The highest BCUT2D eigenvalue weighted by atomic mass is 79.9. The average molecular weight is 285 g/mol. The first-order valence-corrected chi connectivity index (χ1v) is 6.52. The molecular formula is C12H17BrN2O. The van der Waals surface area contributed by atoms with Crippen LogP contribution in [0.4, 0.5) is 5.82 Å². The van der Waals surface area contributed by atoms with Gasteiger partial charge in [0.05, 0.1) is 7.11 Å². The average Bonchev–Trinajstić information content (AvgIpc) is 2.33. The molecule has 0 radical (unpaired) electrons. The first kappa shape index (κ1) is 11.7. The number of anilines is 1. The van der Waals surface area contributed by atoms with E-state index in [-0.39, 0.29) is 0 Å². The smallest absolute Gasteiger partial charge is 0.214 e. The lowest BCUT2D eigenvalue weighted by Crippen LogP contribution is -2.40. The van der Waals surface area contributed by atoms with Crippen LogP contribution in [-0.4, -0.2) is 30.0 Å². The van der Waals surface area contributed by atoms with Crippen LogP contribution in [0, 0.1) is 5.92 Å². The molecule has 2 rings (SSSR count). The standard InChI is InChI=1S/C12H17BrN2O/c1-9-8-15(7-6-10(9)13)11-4-3-5-12(14-11)16-2/h3-5,9-10H,6-8H2,1-2H3. The van der Waals surface area contributed by atoms with Gasteiger partial charge >= 0.3 is 0 Å². The van der Waals surface area contributed by atoms with Crippen molar-refractivity contribution in [2.75, 3.05) is 25.1 Å². The molecule has 0 bridgehead atoms. The molecule has 3 nitrogen and oxygen atoms in total. The Balaban J connectivity index is 2.12. The molecule has 1 aromatic heterocycles. The maximum atomic E-state index is 5.15.